The standard InChI is InChI=1S/C22H28N4O3S/c1-13(2)11-26-21(28)20-18(10-14(3)23-20)25-22(26)30-12-19(27)24-15(4)16-6-8-17(29-5)9-7-16/h6-10,13,15,23H,11-12H2,1-5H3,(H,24,27)/t15-/m1/s1. The molecule has 0 fully saturated rings. The van der Waals surface area contributed by atoms with Crippen molar-refractivity contribution in [2.75, 3.05) is 12.9 Å². The number of rotatable bonds is 8. The number of aromatic amines is 1. The molecule has 0 aliphatic rings. The molecular weight excluding hydrogens is 400 g/mol. The number of carbonyl (C=O) groups is 1. The van der Waals surface area contributed by atoms with E-state index in [-0.39, 0.29) is 29.2 Å². The van der Waals surface area contributed by atoms with Crippen molar-refractivity contribution in [3.05, 3.63) is 51.9 Å². The molecule has 1 amide bonds. The largest absolute Gasteiger partial charge is 0.497 e. The molecule has 8 heteroatoms. The molecule has 1 atom stereocenters. The van der Waals surface area contributed by atoms with Gasteiger partial charge in [0.1, 0.15) is 11.3 Å². The molecule has 30 heavy (non-hydrogen) atoms. The number of amides is 1. The predicted octanol–water partition coefficient (Wildman–Crippen LogP) is 3.67. The Bertz CT molecular complexity index is 1090. The van der Waals surface area contributed by atoms with Gasteiger partial charge in [0, 0.05) is 12.2 Å². The summed E-state index contributed by atoms with van der Waals surface area (Å²) in [5.41, 5.74) is 2.92. The Hall–Kier alpha value is -2.74. The quantitative estimate of drug-likeness (QED) is 0.422. The molecule has 0 bridgehead atoms. The molecular formula is C22H28N4O3S. The van der Waals surface area contributed by atoms with Gasteiger partial charge in [-0.2, -0.15) is 0 Å². The molecule has 2 aromatic heterocycles. The third kappa shape index (κ3) is 5.05. The number of benzene rings is 1. The van der Waals surface area contributed by atoms with Crippen LogP contribution in [0.25, 0.3) is 11.0 Å². The van der Waals surface area contributed by atoms with Crippen molar-refractivity contribution in [3.8, 4) is 5.75 Å². The number of hydrogen-bond acceptors (Lipinski definition) is 5. The number of aromatic nitrogens is 3. The minimum atomic E-state index is -0.135. The lowest BCUT2D eigenvalue weighted by molar-refractivity contribution is -0.119. The molecule has 0 aliphatic carbocycles. The molecule has 1 aromatic carbocycles. The second kappa shape index (κ2) is 9.38. The van der Waals surface area contributed by atoms with Crippen LogP contribution in [0, 0.1) is 12.8 Å². The fraction of sp³-hybridized carbons (Fsp3) is 0.409. The first kappa shape index (κ1) is 22.0. The highest BCUT2D eigenvalue weighted by Crippen LogP contribution is 2.21. The van der Waals surface area contributed by atoms with Crippen LogP contribution in [0.5, 0.6) is 5.75 Å². The van der Waals surface area contributed by atoms with Crippen molar-refractivity contribution in [3.63, 3.8) is 0 Å². The lowest BCUT2D eigenvalue weighted by Crippen LogP contribution is -2.29. The molecule has 3 aromatic rings. The van der Waals surface area contributed by atoms with Crippen LogP contribution in [0.3, 0.4) is 0 Å². The summed E-state index contributed by atoms with van der Waals surface area (Å²) in [6.45, 7) is 8.48. The number of fused-ring (bicyclic) bond motifs is 1. The zero-order chi connectivity index (χ0) is 21.8. The van der Waals surface area contributed by atoms with Gasteiger partial charge in [0.15, 0.2) is 5.16 Å². The van der Waals surface area contributed by atoms with Crippen molar-refractivity contribution in [1.29, 1.82) is 0 Å². The van der Waals surface area contributed by atoms with Gasteiger partial charge in [0.25, 0.3) is 5.56 Å². The molecule has 3 rings (SSSR count). The summed E-state index contributed by atoms with van der Waals surface area (Å²) in [6.07, 6.45) is 0. The molecule has 0 saturated carbocycles. The van der Waals surface area contributed by atoms with E-state index in [1.807, 2.05) is 58.0 Å². The van der Waals surface area contributed by atoms with Gasteiger partial charge >= 0.3 is 0 Å². The monoisotopic (exact) mass is 428 g/mol. The molecule has 0 spiro atoms. The Balaban J connectivity index is 1.73. The van der Waals surface area contributed by atoms with Crippen LogP contribution in [0.4, 0.5) is 0 Å². The molecule has 160 valence electrons. The summed E-state index contributed by atoms with van der Waals surface area (Å²) in [5, 5.41) is 3.56. The second-order valence-electron chi connectivity index (χ2n) is 7.77. The number of thioether (sulfide) groups is 1. The average Bonchev–Trinajstić information content (AvgIpc) is 3.09. The van der Waals surface area contributed by atoms with E-state index in [0.29, 0.717) is 22.7 Å². The minimum Gasteiger partial charge on any atom is -0.497 e. The lowest BCUT2D eigenvalue weighted by Gasteiger charge is -2.16. The smallest absolute Gasteiger partial charge is 0.278 e. The Labute approximate surface area is 180 Å². The molecule has 2 heterocycles. The number of ether oxygens (including phenoxy) is 1. The second-order valence-corrected chi connectivity index (χ2v) is 8.71. The highest BCUT2D eigenvalue weighted by atomic mass is 32.2. The Morgan fingerprint density at radius 3 is 2.60 bits per heavy atom. The zero-order valence-electron chi connectivity index (χ0n) is 18.0. The Kier molecular flexibility index (Phi) is 6.87. The summed E-state index contributed by atoms with van der Waals surface area (Å²) in [7, 11) is 1.62. The average molecular weight is 429 g/mol. The van der Waals surface area contributed by atoms with Crippen LogP contribution in [0.1, 0.15) is 38.1 Å². The zero-order valence-corrected chi connectivity index (χ0v) is 18.8. The van der Waals surface area contributed by atoms with E-state index in [9.17, 15) is 9.59 Å². The van der Waals surface area contributed by atoms with E-state index < -0.39 is 0 Å². The van der Waals surface area contributed by atoms with Crippen molar-refractivity contribution in [2.24, 2.45) is 5.92 Å². The fourth-order valence-electron chi connectivity index (χ4n) is 3.24. The Morgan fingerprint density at radius 1 is 1.27 bits per heavy atom. The Morgan fingerprint density at radius 2 is 1.97 bits per heavy atom. The highest BCUT2D eigenvalue weighted by Gasteiger charge is 2.17. The topological polar surface area (TPSA) is 89.0 Å². The molecule has 0 aliphatic heterocycles. The highest BCUT2D eigenvalue weighted by molar-refractivity contribution is 7.99. The molecule has 0 unspecified atom stereocenters. The van der Waals surface area contributed by atoms with E-state index >= 15 is 0 Å². The van der Waals surface area contributed by atoms with Gasteiger partial charge in [0.05, 0.1) is 24.4 Å². The predicted molar refractivity (Wildman–Crippen MR) is 120 cm³/mol. The van der Waals surface area contributed by atoms with E-state index in [1.165, 1.54) is 11.8 Å². The summed E-state index contributed by atoms with van der Waals surface area (Å²) < 4.78 is 6.83. The molecule has 7 nitrogen and oxygen atoms in total. The maximum Gasteiger partial charge on any atom is 0.278 e. The first-order valence-electron chi connectivity index (χ1n) is 9.94. The summed E-state index contributed by atoms with van der Waals surface area (Å²) >= 11 is 1.28. The number of nitrogens with zero attached hydrogens (tertiary/aromatic N) is 2. The lowest BCUT2D eigenvalue weighted by atomic mass is 10.1. The van der Waals surface area contributed by atoms with Gasteiger partial charge in [-0.25, -0.2) is 4.98 Å². The van der Waals surface area contributed by atoms with Gasteiger partial charge in [-0.05, 0) is 43.5 Å². The first-order valence-corrected chi connectivity index (χ1v) is 10.9. The van der Waals surface area contributed by atoms with Gasteiger partial charge in [0.2, 0.25) is 5.91 Å². The third-order valence-corrected chi connectivity index (χ3v) is 5.69. The number of H-pyrrole nitrogens is 1. The van der Waals surface area contributed by atoms with E-state index in [2.05, 4.69) is 15.3 Å². The van der Waals surface area contributed by atoms with Crippen LogP contribution in [0.15, 0.2) is 40.3 Å². The molecule has 2 N–H and O–H groups in total. The van der Waals surface area contributed by atoms with E-state index in [1.54, 1.807) is 11.7 Å². The number of carbonyl (C=O) groups excluding carboxylic acids is 1. The summed E-state index contributed by atoms with van der Waals surface area (Å²) in [5.74, 6) is 1.12. The fourth-order valence-corrected chi connectivity index (χ4v) is 4.06. The normalized spacial score (nSPS) is 12.3. The van der Waals surface area contributed by atoms with E-state index in [4.69, 9.17) is 4.74 Å². The van der Waals surface area contributed by atoms with Gasteiger partial charge in [-0.1, -0.05) is 37.7 Å². The summed E-state index contributed by atoms with van der Waals surface area (Å²) in [6, 6.07) is 9.32. The van der Waals surface area contributed by atoms with Crippen molar-refractivity contribution in [2.45, 2.75) is 45.4 Å². The van der Waals surface area contributed by atoms with Crippen molar-refractivity contribution >= 4 is 28.7 Å². The SMILES string of the molecule is COc1ccc([C@@H](C)NC(=O)CSc2nc3cc(C)[nH]c3c(=O)n2CC(C)C)cc1. The van der Waals surface area contributed by atoms with Crippen LogP contribution >= 0.6 is 11.8 Å². The summed E-state index contributed by atoms with van der Waals surface area (Å²) in [4.78, 5) is 33.2. The van der Waals surface area contributed by atoms with Crippen LogP contribution in [0.2, 0.25) is 0 Å². The first-order chi connectivity index (χ1) is 14.3. The van der Waals surface area contributed by atoms with Gasteiger partial charge < -0.3 is 15.0 Å². The van der Waals surface area contributed by atoms with Gasteiger partial charge in [-0.3, -0.25) is 14.2 Å². The molecule has 0 saturated heterocycles. The van der Waals surface area contributed by atoms with Crippen molar-refractivity contribution in [1.82, 2.24) is 19.9 Å². The number of hydrogen-bond donors (Lipinski definition) is 2. The number of aryl methyl sites for hydroxylation is 1. The maximum atomic E-state index is 12.9. The number of nitrogens with one attached hydrogen (secondary N) is 2. The van der Waals surface area contributed by atoms with Crippen LogP contribution in [-0.2, 0) is 11.3 Å². The van der Waals surface area contributed by atoms with Crippen LogP contribution < -0.4 is 15.6 Å². The van der Waals surface area contributed by atoms with E-state index in [0.717, 1.165) is 17.0 Å². The third-order valence-electron chi connectivity index (χ3n) is 4.71. The minimum absolute atomic E-state index is 0.101. The van der Waals surface area contributed by atoms with Crippen LogP contribution in [-0.4, -0.2) is 33.3 Å². The van der Waals surface area contributed by atoms with Crippen molar-refractivity contribution < 1.29 is 9.53 Å². The van der Waals surface area contributed by atoms with Gasteiger partial charge in [-0.15, -0.1) is 0 Å². The number of methoxy groups -OCH3 is 1. The molecule has 0 radical (unpaired) electrons. The maximum absolute atomic E-state index is 12.9.